The minimum Gasteiger partial charge on any atom is -0.266 e. The van der Waals surface area contributed by atoms with Crippen LogP contribution in [0.1, 0.15) is 12.5 Å². The number of carbonyl (C=O) groups excluding carboxylic acids is 1. The molecule has 7 heteroatoms. The molecule has 1 heterocycles. The number of pyridine rings is 1. The normalized spacial score (nSPS) is 11.0. The quantitative estimate of drug-likeness (QED) is 0.392. The highest BCUT2D eigenvalue weighted by molar-refractivity contribution is 5.99. The number of nitro benzene ring substituents is 1. The fourth-order valence-corrected chi connectivity index (χ4v) is 1.78. The second-order valence-corrected chi connectivity index (χ2v) is 4.58. The number of benzene rings is 1. The Bertz CT molecular complexity index is 696. The van der Waals surface area contributed by atoms with Crippen LogP contribution in [0, 0.1) is 10.1 Å². The van der Waals surface area contributed by atoms with E-state index in [1.54, 1.807) is 36.0 Å². The maximum atomic E-state index is 11.8. The zero-order valence-electron chi connectivity index (χ0n) is 12.0. The molecule has 1 aromatic carbocycles. The van der Waals surface area contributed by atoms with Crippen molar-refractivity contribution >= 4 is 17.3 Å². The number of aromatic nitrogens is 1. The molecule has 0 aliphatic heterocycles. The highest BCUT2D eigenvalue weighted by atomic mass is 16.6. The molecular weight excluding hydrogens is 284 g/mol. The Kier molecular flexibility index (Phi) is 4.92. The Morgan fingerprint density at radius 2 is 1.86 bits per heavy atom. The van der Waals surface area contributed by atoms with Gasteiger partial charge in [-0.05, 0) is 24.6 Å². The zero-order chi connectivity index (χ0) is 15.9. The smallest absolute Gasteiger partial charge is 0.266 e. The summed E-state index contributed by atoms with van der Waals surface area (Å²) in [6, 6.07) is 11.5. The molecule has 0 fully saturated rings. The van der Waals surface area contributed by atoms with E-state index in [-0.39, 0.29) is 18.1 Å². The largest absolute Gasteiger partial charge is 0.305 e. The van der Waals surface area contributed by atoms with E-state index in [0.29, 0.717) is 11.3 Å². The van der Waals surface area contributed by atoms with Crippen LogP contribution in [-0.2, 0) is 11.3 Å². The number of hydrazone groups is 1. The lowest BCUT2D eigenvalue weighted by molar-refractivity contribution is -0.684. The summed E-state index contributed by atoms with van der Waals surface area (Å²) in [7, 11) is 0. The predicted molar refractivity (Wildman–Crippen MR) is 80.1 cm³/mol. The van der Waals surface area contributed by atoms with Crippen LogP contribution in [0.3, 0.4) is 0 Å². The summed E-state index contributed by atoms with van der Waals surface area (Å²) in [5.74, 6) is -0.252. The zero-order valence-corrected chi connectivity index (χ0v) is 12.0. The fraction of sp³-hybridized carbons (Fsp3) is 0.133. The standard InChI is InChI=1S/C15H14N4O3/c1-12(13-5-7-14(8-6-13)19(21)22)16-17-15(20)11-18-9-3-2-4-10-18/h2-10H,11H2,1H3/p+1. The Balaban J connectivity index is 1.97. The minimum atomic E-state index is -0.463. The molecule has 0 bridgehead atoms. The molecule has 0 saturated heterocycles. The molecule has 0 aliphatic rings. The Morgan fingerprint density at radius 1 is 1.23 bits per heavy atom. The maximum Gasteiger partial charge on any atom is 0.305 e. The van der Waals surface area contributed by atoms with E-state index in [1.165, 1.54) is 12.1 Å². The van der Waals surface area contributed by atoms with Gasteiger partial charge in [-0.3, -0.25) is 14.9 Å². The second kappa shape index (κ2) is 7.07. The SMILES string of the molecule is CC(=NNC(=O)C[n+]1ccccc1)c1ccc([N+](=O)[O-])cc1. The first kappa shape index (κ1) is 15.3. The van der Waals surface area contributed by atoms with Crippen LogP contribution in [0.2, 0.25) is 0 Å². The van der Waals surface area contributed by atoms with Gasteiger partial charge in [0.05, 0.1) is 10.6 Å². The Hall–Kier alpha value is -3.09. The van der Waals surface area contributed by atoms with Crippen molar-refractivity contribution < 1.29 is 14.3 Å². The number of hydrogen-bond acceptors (Lipinski definition) is 4. The summed E-state index contributed by atoms with van der Waals surface area (Å²) < 4.78 is 1.73. The van der Waals surface area contributed by atoms with Crippen molar-refractivity contribution in [2.45, 2.75) is 13.5 Å². The first-order valence-electron chi connectivity index (χ1n) is 6.58. The van der Waals surface area contributed by atoms with E-state index in [2.05, 4.69) is 10.5 Å². The molecule has 0 spiro atoms. The first-order valence-corrected chi connectivity index (χ1v) is 6.58. The molecule has 2 rings (SSSR count). The van der Waals surface area contributed by atoms with Gasteiger partial charge in [0.25, 0.3) is 5.69 Å². The topological polar surface area (TPSA) is 88.5 Å². The summed E-state index contributed by atoms with van der Waals surface area (Å²) in [6.45, 7) is 1.88. The molecule has 0 saturated carbocycles. The number of hydrogen-bond donors (Lipinski definition) is 1. The average Bonchev–Trinajstić information content (AvgIpc) is 2.53. The number of nitro groups is 1. The van der Waals surface area contributed by atoms with Crippen molar-refractivity contribution in [1.82, 2.24) is 5.43 Å². The van der Waals surface area contributed by atoms with Gasteiger partial charge < -0.3 is 0 Å². The first-order chi connectivity index (χ1) is 10.6. The van der Waals surface area contributed by atoms with Crippen LogP contribution in [0.5, 0.6) is 0 Å². The average molecular weight is 299 g/mol. The van der Waals surface area contributed by atoms with Crippen LogP contribution in [0.15, 0.2) is 60.0 Å². The summed E-state index contributed by atoms with van der Waals surface area (Å²) in [6.07, 6.45) is 3.57. The molecule has 1 aromatic heterocycles. The lowest BCUT2D eigenvalue weighted by atomic mass is 10.1. The molecule has 0 unspecified atom stereocenters. The third kappa shape index (κ3) is 4.20. The maximum absolute atomic E-state index is 11.8. The fourth-order valence-electron chi connectivity index (χ4n) is 1.78. The molecular formula is C15H15N4O3+. The molecule has 0 atom stereocenters. The van der Waals surface area contributed by atoms with Gasteiger partial charge in [-0.2, -0.15) is 9.67 Å². The molecule has 0 aliphatic carbocycles. The monoisotopic (exact) mass is 299 g/mol. The highest BCUT2D eigenvalue weighted by Crippen LogP contribution is 2.12. The van der Waals surface area contributed by atoms with Gasteiger partial charge >= 0.3 is 5.91 Å². The van der Waals surface area contributed by atoms with Crippen LogP contribution >= 0.6 is 0 Å². The molecule has 2 aromatic rings. The second-order valence-electron chi connectivity index (χ2n) is 4.58. The van der Waals surface area contributed by atoms with Gasteiger partial charge in [0.2, 0.25) is 6.54 Å². The summed E-state index contributed by atoms with van der Waals surface area (Å²) in [5.41, 5.74) is 3.75. The number of nitrogens with zero attached hydrogens (tertiary/aromatic N) is 3. The molecule has 1 amide bonds. The third-order valence-electron chi connectivity index (χ3n) is 2.95. The Labute approximate surface area is 127 Å². The van der Waals surface area contributed by atoms with E-state index in [1.807, 2.05) is 18.2 Å². The lowest BCUT2D eigenvalue weighted by Crippen LogP contribution is -2.41. The molecule has 1 N–H and O–H groups in total. The van der Waals surface area contributed by atoms with Crippen molar-refractivity contribution in [3.8, 4) is 0 Å². The summed E-state index contributed by atoms with van der Waals surface area (Å²) >= 11 is 0. The molecule has 0 radical (unpaired) electrons. The number of non-ortho nitro benzene ring substituents is 1. The van der Waals surface area contributed by atoms with E-state index in [0.717, 1.165) is 0 Å². The summed E-state index contributed by atoms with van der Waals surface area (Å²) in [4.78, 5) is 21.9. The number of nitrogens with one attached hydrogen (secondary N) is 1. The van der Waals surface area contributed by atoms with Gasteiger partial charge in [0, 0.05) is 24.3 Å². The summed E-state index contributed by atoms with van der Waals surface area (Å²) in [5, 5.41) is 14.6. The number of carbonyl (C=O) groups is 1. The Morgan fingerprint density at radius 3 is 2.45 bits per heavy atom. The minimum absolute atomic E-state index is 0.0149. The van der Waals surface area contributed by atoms with Gasteiger partial charge in [0.15, 0.2) is 12.4 Å². The van der Waals surface area contributed by atoms with Gasteiger partial charge in [-0.1, -0.05) is 6.07 Å². The molecule has 112 valence electrons. The lowest BCUT2D eigenvalue weighted by Gasteiger charge is -2.01. The van der Waals surface area contributed by atoms with Crippen molar-refractivity contribution in [1.29, 1.82) is 0 Å². The van der Waals surface area contributed by atoms with Crippen molar-refractivity contribution in [2.24, 2.45) is 5.10 Å². The number of rotatable bonds is 5. The van der Waals surface area contributed by atoms with E-state index in [9.17, 15) is 14.9 Å². The van der Waals surface area contributed by atoms with Gasteiger partial charge in [-0.15, -0.1) is 0 Å². The highest BCUT2D eigenvalue weighted by Gasteiger charge is 2.08. The number of amides is 1. The predicted octanol–water partition coefficient (Wildman–Crippen LogP) is 1.42. The van der Waals surface area contributed by atoms with Crippen LogP contribution in [-0.4, -0.2) is 16.5 Å². The van der Waals surface area contributed by atoms with Crippen molar-refractivity contribution in [3.05, 3.63) is 70.5 Å². The molecule has 7 nitrogen and oxygen atoms in total. The third-order valence-corrected chi connectivity index (χ3v) is 2.95. The van der Waals surface area contributed by atoms with Crippen LogP contribution < -0.4 is 9.99 Å². The van der Waals surface area contributed by atoms with Gasteiger partial charge in [-0.25, -0.2) is 5.43 Å². The van der Waals surface area contributed by atoms with E-state index in [4.69, 9.17) is 0 Å². The van der Waals surface area contributed by atoms with Crippen LogP contribution in [0.4, 0.5) is 5.69 Å². The van der Waals surface area contributed by atoms with E-state index < -0.39 is 4.92 Å². The van der Waals surface area contributed by atoms with Crippen molar-refractivity contribution in [3.63, 3.8) is 0 Å². The van der Waals surface area contributed by atoms with E-state index >= 15 is 0 Å². The molecule has 22 heavy (non-hydrogen) atoms. The van der Waals surface area contributed by atoms with Crippen molar-refractivity contribution in [2.75, 3.05) is 0 Å². The van der Waals surface area contributed by atoms with Crippen LogP contribution in [0.25, 0.3) is 0 Å². The van der Waals surface area contributed by atoms with Gasteiger partial charge in [0.1, 0.15) is 0 Å².